The van der Waals surface area contributed by atoms with E-state index in [0.717, 1.165) is 19.4 Å². The van der Waals surface area contributed by atoms with E-state index in [1.165, 1.54) is 18.4 Å². The lowest BCUT2D eigenvalue weighted by atomic mass is 9.75. The first-order chi connectivity index (χ1) is 10.6. The van der Waals surface area contributed by atoms with Crippen LogP contribution in [0.15, 0.2) is 37.4 Å². The zero-order valence-electron chi connectivity index (χ0n) is 14.0. The highest BCUT2D eigenvalue weighted by Gasteiger charge is 2.39. The molecule has 0 spiro atoms. The van der Waals surface area contributed by atoms with Crippen LogP contribution in [0.5, 0.6) is 5.75 Å². The Morgan fingerprint density at radius 1 is 1.18 bits per heavy atom. The zero-order chi connectivity index (χ0) is 16.6. The third-order valence-electron chi connectivity index (χ3n) is 4.62. The van der Waals surface area contributed by atoms with Gasteiger partial charge in [0, 0.05) is 18.4 Å². The van der Waals surface area contributed by atoms with Crippen LogP contribution in [0.25, 0.3) is 0 Å². The van der Waals surface area contributed by atoms with E-state index in [0.29, 0.717) is 24.4 Å². The van der Waals surface area contributed by atoms with E-state index in [9.17, 15) is 9.90 Å². The molecule has 1 aromatic rings. The monoisotopic (exact) mass is 303 g/mol. The maximum Gasteiger partial charge on any atom is 0.133 e. The number of carbonyl (C=O) groups excluding carboxylic acids is 1. The fraction of sp³-hybridized carbons (Fsp3) is 0.526. The van der Waals surface area contributed by atoms with Crippen molar-refractivity contribution in [3.8, 4) is 5.75 Å². The van der Waals surface area contributed by atoms with E-state index >= 15 is 0 Å². The zero-order valence-corrected chi connectivity index (χ0v) is 14.0. The van der Waals surface area contributed by atoms with Crippen LogP contribution >= 0.6 is 0 Å². The van der Waals surface area contributed by atoms with E-state index in [2.05, 4.69) is 32.0 Å². The fourth-order valence-corrected chi connectivity index (χ4v) is 3.21. The number of unbranched alkanes of at least 4 members (excludes halogenated alkanes) is 1. The topological polar surface area (TPSA) is 40.5 Å². The Labute approximate surface area is 134 Å². The predicted molar refractivity (Wildman–Crippen MR) is 92.1 cm³/mol. The van der Waals surface area contributed by atoms with Gasteiger partial charge in [-0.2, -0.15) is 0 Å². The van der Waals surface area contributed by atoms with Crippen LogP contribution in [0.2, 0.25) is 0 Å². The number of rotatable bonds is 5. The SMILES string of the molecule is C=C.CCCCN(C)C1(c2ccc(O)cc2)CCC(=O)CC1. The van der Waals surface area contributed by atoms with Gasteiger partial charge in [-0.25, -0.2) is 0 Å². The van der Waals surface area contributed by atoms with Crippen molar-refractivity contribution in [1.82, 2.24) is 4.90 Å². The highest BCUT2D eigenvalue weighted by atomic mass is 16.3. The predicted octanol–water partition coefficient (Wildman–Crippen LogP) is 4.26. The molecule has 0 amide bonds. The molecular weight excluding hydrogens is 274 g/mol. The maximum absolute atomic E-state index is 11.6. The van der Waals surface area contributed by atoms with Gasteiger partial charge in [-0.15, -0.1) is 13.2 Å². The molecule has 1 fully saturated rings. The average molecular weight is 303 g/mol. The molecule has 1 aliphatic rings. The molecule has 1 aliphatic carbocycles. The van der Waals surface area contributed by atoms with Crippen molar-refractivity contribution in [1.29, 1.82) is 0 Å². The molecule has 0 bridgehead atoms. The number of phenols is 1. The molecule has 0 aromatic heterocycles. The number of Topliss-reactive ketones (excluding diaryl/α,β-unsaturated/α-hetero) is 1. The number of hydrogen-bond acceptors (Lipinski definition) is 3. The molecule has 3 heteroatoms. The molecule has 22 heavy (non-hydrogen) atoms. The second-order valence-corrected chi connectivity index (χ2v) is 5.89. The molecule has 0 atom stereocenters. The van der Waals surface area contributed by atoms with Crippen molar-refractivity contribution in [2.75, 3.05) is 13.6 Å². The van der Waals surface area contributed by atoms with Gasteiger partial charge < -0.3 is 5.11 Å². The summed E-state index contributed by atoms with van der Waals surface area (Å²) in [6, 6.07) is 7.52. The number of benzene rings is 1. The number of ketones is 1. The quantitative estimate of drug-likeness (QED) is 0.826. The molecule has 1 N–H and O–H groups in total. The molecule has 1 saturated carbocycles. The van der Waals surface area contributed by atoms with Gasteiger partial charge in [0.15, 0.2) is 0 Å². The van der Waals surface area contributed by atoms with Crippen LogP contribution in [0.1, 0.15) is 51.0 Å². The van der Waals surface area contributed by atoms with Crippen molar-refractivity contribution in [3.05, 3.63) is 43.0 Å². The van der Waals surface area contributed by atoms with E-state index in [1.807, 2.05) is 12.1 Å². The molecule has 2 rings (SSSR count). The minimum absolute atomic E-state index is 0.0449. The summed E-state index contributed by atoms with van der Waals surface area (Å²) >= 11 is 0. The summed E-state index contributed by atoms with van der Waals surface area (Å²) in [6.45, 7) is 9.25. The summed E-state index contributed by atoms with van der Waals surface area (Å²) in [5, 5.41) is 9.49. The first kappa shape index (κ1) is 18.4. The summed E-state index contributed by atoms with van der Waals surface area (Å²) in [4.78, 5) is 14.0. The van der Waals surface area contributed by atoms with Gasteiger partial charge in [-0.3, -0.25) is 9.69 Å². The Balaban J connectivity index is 0.00000116. The molecule has 0 unspecified atom stereocenters. The maximum atomic E-state index is 11.6. The molecule has 0 heterocycles. The second kappa shape index (κ2) is 8.74. The lowest BCUT2D eigenvalue weighted by Crippen LogP contribution is -2.47. The smallest absolute Gasteiger partial charge is 0.133 e. The molecule has 0 saturated heterocycles. The number of carbonyl (C=O) groups is 1. The minimum Gasteiger partial charge on any atom is -0.508 e. The van der Waals surface area contributed by atoms with E-state index in [1.54, 1.807) is 12.1 Å². The number of nitrogens with zero attached hydrogens (tertiary/aromatic N) is 1. The highest BCUT2D eigenvalue weighted by molar-refractivity contribution is 5.79. The van der Waals surface area contributed by atoms with E-state index < -0.39 is 0 Å². The van der Waals surface area contributed by atoms with E-state index in [-0.39, 0.29) is 5.54 Å². The summed E-state index contributed by atoms with van der Waals surface area (Å²) in [6.07, 6.45) is 5.45. The Bertz CT molecular complexity index is 457. The highest BCUT2D eigenvalue weighted by Crippen LogP contribution is 2.41. The third kappa shape index (κ3) is 4.20. The summed E-state index contributed by atoms with van der Waals surface area (Å²) in [5.41, 5.74) is 1.18. The summed E-state index contributed by atoms with van der Waals surface area (Å²) in [7, 11) is 2.16. The van der Waals surface area contributed by atoms with Gasteiger partial charge in [0.1, 0.15) is 11.5 Å². The van der Waals surface area contributed by atoms with E-state index in [4.69, 9.17) is 0 Å². The fourth-order valence-electron chi connectivity index (χ4n) is 3.21. The second-order valence-electron chi connectivity index (χ2n) is 5.89. The Morgan fingerprint density at radius 2 is 1.73 bits per heavy atom. The van der Waals surface area contributed by atoms with Crippen LogP contribution in [0.3, 0.4) is 0 Å². The minimum atomic E-state index is -0.0449. The van der Waals surface area contributed by atoms with Gasteiger partial charge in [-0.1, -0.05) is 25.5 Å². The first-order valence-corrected chi connectivity index (χ1v) is 8.11. The Kier molecular flexibility index (Phi) is 7.33. The third-order valence-corrected chi connectivity index (χ3v) is 4.62. The van der Waals surface area contributed by atoms with Gasteiger partial charge in [-0.05, 0) is 50.6 Å². The van der Waals surface area contributed by atoms with Crippen LogP contribution in [-0.2, 0) is 10.3 Å². The van der Waals surface area contributed by atoms with Crippen molar-refractivity contribution < 1.29 is 9.90 Å². The van der Waals surface area contributed by atoms with Crippen molar-refractivity contribution in [2.45, 2.75) is 51.0 Å². The average Bonchev–Trinajstić information content (AvgIpc) is 2.56. The van der Waals surface area contributed by atoms with Gasteiger partial charge >= 0.3 is 0 Å². The van der Waals surface area contributed by atoms with Crippen LogP contribution in [0.4, 0.5) is 0 Å². The lowest BCUT2D eigenvalue weighted by molar-refractivity contribution is -0.123. The van der Waals surface area contributed by atoms with Crippen LogP contribution in [-0.4, -0.2) is 29.4 Å². The van der Waals surface area contributed by atoms with Gasteiger partial charge in [0.05, 0.1) is 0 Å². The molecule has 3 nitrogen and oxygen atoms in total. The molecule has 0 radical (unpaired) electrons. The standard InChI is InChI=1S/C17H25NO2.C2H4/c1-3-4-13-18(2)17(11-9-16(20)10-12-17)14-5-7-15(19)8-6-14;1-2/h5-8,19H,3-4,9-13H2,1-2H3;1-2H2. The molecule has 0 aliphatic heterocycles. The van der Waals surface area contributed by atoms with Crippen LogP contribution < -0.4 is 0 Å². The van der Waals surface area contributed by atoms with Gasteiger partial charge in [0.25, 0.3) is 0 Å². The molecular formula is C19H29NO2. The van der Waals surface area contributed by atoms with Crippen LogP contribution in [0, 0.1) is 0 Å². The van der Waals surface area contributed by atoms with Crippen molar-refractivity contribution in [3.63, 3.8) is 0 Å². The van der Waals surface area contributed by atoms with Gasteiger partial charge in [0.2, 0.25) is 0 Å². The summed E-state index contributed by atoms with van der Waals surface area (Å²) < 4.78 is 0. The normalized spacial score (nSPS) is 17.0. The lowest BCUT2D eigenvalue weighted by Gasteiger charge is -2.45. The Morgan fingerprint density at radius 3 is 2.23 bits per heavy atom. The Hall–Kier alpha value is -1.61. The summed E-state index contributed by atoms with van der Waals surface area (Å²) in [5.74, 6) is 0.676. The number of phenolic OH excluding ortho intramolecular Hbond substituents is 1. The first-order valence-electron chi connectivity index (χ1n) is 8.11. The van der Waals surface area contributed by atoms with Crippen molar-refractivity contribution >= 4 is 5.78 Å². The largest absolute Gasteiger partial charge is 0.508 e. The molecule has 1 aromatic carbocycles. The van der Waals surface area contributed by atoms with Crippen molar-refractivity contribution in [2.24, 2.45) is 0 Å². The molecule has 122 valence electrons. The number of hydrogen-bond donors (Lipinski definition) is 1. The number of aromatic hydroxyl groups is 1.